The average molecular weight is 322 g/mol. The van der Waals surface area contributed by atoms with Gasteiger partial charge in [0.1, 0.15) is 0 Å². The minimum atomic E-state index is -0.815. The molecule has 122 valence electrons. The summed E-state index contributed by atoms with van der Waals surface area (Å²) in [5.41, 5.74) is 5.13. The van der Waals surface area contributed by atoms with Crippen LogP contribution in [-0.4, -0.2) is 17.0 Å². The molecule has 0 aliphatic carbocycles. The maximum atomic E-state index is 12.2. The van der Waals surface area contributed by atoms with Gasteiger partial charge in [0, 0.05) is 29.6 Å². The Labute approximate surface area is 140 Å². The van der Waals surface area contributed by atoms with Crippen LogP contribution in [0, 0.1) is 6.92 Å². The summed E-state index contributed by atoms with van der Waals surface area (Å²) < 4.78 is 0. The fourth-order valence-electron chi connectivity index (χ4n) is 2.79. The molecular formula is C19H18N2O3. The van der Waals surface area contributed by atoms with Crippen molar-refractivity contribution in [2.24, 2.45) is 0 Å². The van der Waals surface area contributed by atoms with Crippen molar-refractivity contribution in [1.29, 1.82) is 0 Å². The summed E-state index contributed by atoms with van der Waals surface area (Å²) in [6, 6.07) is 13.3. The third-order valence-electron chi connectivity index (χ3n) is 3.97. The van der Waals surface area contributed by atoms with Crippen molar-refractivity contribution < 1.29 is 14.7 Å². The van der Waals surface area contributed by atoms with Crippen molar-refractivity contribution in [2.45, 2.75) is 19.8 Å². The molecule has 3 rings (SSSR count). The third kappa shape index (κ3) is 3.30. The second-order valence-corrected chi connectivity index (χ2v) is 5.75. The first-order chi connectivity index (χ1) is 11.5. The fraction of sp³-hybridized carbons (Fsp3) is 0.158. The largest absolute Gasteiger partial charge is 0.481 e. The summed E-state index contributed by atoms with van der Waals surface area (Å²) in [4.78, 5) is 22.8. The van der Waals surface area contributed by atoms with Gasteiger partial charge in [-0.05, 0) is 42.7 Å². The Hall–Kier alpha value is -3.08. The van der Waals surface area contributed by atoms with Crippen LogP contribution in [0.1, 0.15) is 23.1 Å². The number of hydrogen-bond acceptors (Lipinski definition) is 3. The van der Waals surface area contributed by atoms with Crippen molar-refractivity contribution in [3.8, 4) is 0 Å². The van der Waals surface area contributed by atoms with E-state index in [9.17, 15) is 9.59 Å². The van der Waals surface area contributed by atoms with Crippen LogP contribution in [0.15, 0.2) is 48.7 Å². The van der Waals surface area contributed by atoms with E-state index in [-0.39, 0.29) is 12.3 Å². The number of hydrogen-bond donors (Lipinski definition) is 3. The van der Waals surface area contributed by atoms with Crippen LogP contribution >= 0.6 is 0 Å². The number of amides is 1. The van der Waals surface area contributed by atoms with Gasteiger partial charge < -0.3 is 15.7 Å². The van der Waals surface area contributed by atoms with Crippen molar-refractivity contribution in [1.82, 2.24) is 0 Å². The van der Waals surface area contributed by atoms with Crippen LogP contribution in [0.25, 0.3) is 5.57 Å². The van der Waals surface area contributed by atoms with E-state index in [0.717, 1.165) is 28.1 Å². The molecule has 0 atom stereocenters. The Morgan fingerprint density at radius 3 is 2.83 bits per heavy atom. The van der Waals surface area contributed by atoms with E-state index in [2.05, 4.69) is 10.6 Å². The first-order valence-electron chi connectivity index (χ1n) is 7.73. The zero-order chi connectivity index (χ0) is 17.1. The summed E-state index contributed by atoms with van der Waals surface area (Å²) in [5.74, 6) is -0.945. The Balaban J connectivity index is 1.81. The Morgan fingerprint density at radius 1 is 1.25 bits per heavy atom. The lowest BCUT2D eigenvalue weighted by atomic mass is 10.0. The van der Waals surface area contributed by atoms with E-state index in [0.29, 0.717) is 12.0 Å². The van der Waals surface area contributed by atoms with Gasteiger partial charge in [0.25, 0.3) is 5.91 Å². The van der Waals surface area contributed by atoms with Crippen LogP contribution < -0.4 is 10.6 Å². The van der Waals surface area contributed by atoms with Gasteiger partial charge in [-0.2, -0.15) is 0 Å². The quantitative estimate of drug-likeness (QED) is 0.737. The first-order valence-corrected chi connectivity index (χ1v) is 7.73. The molecule has 0 saturated heterocycles. The molecule has 0 radical (unpaired) electrons. The predicted molar refractivity (Wildman–Crippen MR) is 93.8 cm³/mol. The van der Waals surface area contributed by atoms with Gasteiger partial charge in [0.15, 0.2) is 0 Å². The van der Waals surface area contributed by atoms with Gasteiger partial charge in [-0.1, -0.05) is 24.3 Å². The monoisotopic (exact) mass is 322 g/mol. The molecule has 2 aromatic rings. The fourth-order valence-corrected chi connectivity index (χ4v) is 2.79. The van der Waals surface area contributed by atoms with Crippen molar-refractivity contribution in [3.63, 3.8) is 0 Å². The van der Waals surface area contributed by atoms with Gasteiger partial charge in [0.05, 0.1) is 5.57 Å². The molecule has 0 unspecified atom stereocenters. The molecule has 0 aromatic heterocycles. The number of benzene rings is 2. The minimum Gasteiger partial charge on any atom is -0.481 e. The SMILES string of the molecule is Cc1cccc2c1/C(=C/Nc1cccc(CCC(=O)O)c1)C(=O)N2. The molecule has 5 heteroatoms. The van der Waals surface area contributed by atoms with Gasteiger partial charge in [-0.15, -0.1) is 0 Å². The highest BCUT2D eigenvalue weighted by molar-refractivity contribution is 6.32. The average Bonchev–Trinajstić information content (AvgIpc) is 2.88. The molecule has 0 fully saturated rings. The summed E-state index contributed by atoms with van der Waals surface area (Å²) >= 11 is 0. The van der Waals surface area contributed by atoms with Crippen molar-refractivity contribution >= 4 is 28.8 Å². The maximum Gasteiger partial charge on any atom is 0.303 e. The molecule has 0 saturated carbocycles. The van der Waals surface area contributed by atoms with E-state index < -0.39 is 5.97 Å². The number of aryl methyl sites for hydroxylation is 2. The molecule has 24 heavy (non-hydrogen) atoms. The zero-order valence-electron chi connectivity index (χ0n) is 13.3. The number of carboxylic acid groups (broad SMARTS) is 1. The second kappa shape index (κ2) is 6.58. The number of anilines is 2. The number of aliphatic carboxylic acids is 1. The summed E-state index contributed by atoms with van der Waals surface area (Å²) in [6.07, 6.45) is 2.27. The highest BCUT2D eigenvalue weighted by atomic mass is 16.4. The molecule has 1 heterocycles. The van der Waals surface area contributed by atoms with Crippen LogP contribution in [0.2, 0.25) is 0 Å². The normalized spacial score (nSPS) is 14.4. The van der Waals surface area contributed by atoms with E-state index in [4.69, 9.17) is 5.11 Å². The van der Waals surface area contributed by atoms with Gasteiger partial charge >= 0.3 is 5.97 Å². The van der Waals surface area contributed by atoms with E-state index in [1.165, 1.54) is 0 Å². The molecule has 3 N–H and O–H groups in total. The third-order valence-corrected chi connectivity index (χ3v) is 3.97. The van der Waals surface area contributed by atoms with E-state index in [1.807, 2.05) is 49.4 Å². The van der Waals surface area contributed by atoms with Crippen LogP contribution in [0.4, 0.5) is 11.4 Å². The molecule has 5 nitrogen and oxygen atoms in total. The summed E-state index contributed by atoms with van der Waals surface area (Å²) in [5, 5.41) is 14.8. The molecule has 1 aliphatic heterocycles. The van der Waals surface area contributed by atoms with Gasteiger partial charge in [-0.25, -0.2) is 0 Å². The predicted octanol–water partition coefficient (Wildman–Crippen LogP) is 3.42. The Bertz CT molecular complexity index is 840. The Kier molecular flexibility index (Phi) is 4.33. The van der Waals surface area contributed by atoms with Crippen molar-refractivity contribution in [2.75, 3.05) is 10.6 Å². The minimum absolute atomic E-state index is 0.0967. The van der Waals surface area contributed by atoms with Gasteiger partial charge in [-0.3, -0.25) is 9.59 Å². The summed E-state index contributed by atoms with van der Waals surface area (Å²) in [7, 11) is 0. The van der Waals surface area contributed by atoms with Crippen molar-refractivity contribution in [3.05, 3.63) is 65.4 Å². The molecular weight excluding hydrogens is 304 g/mol. The lowest BCUT2D eigenvalue weighted by Crippen LogP contribution is -2.05. The van der Waals surface area contributed by atoms with Crippen LogP contribution in [0.5, 0.6) is 0 Å². The number of nitrogens with one attached hydrogen (secondary N) is 2. The molecule has 0 spiro atoms. The summed E-state index contributed by atoms with van der Waals surface area (Å²) in [6.45, 7) is 1.97. The Morgan fingerprint density at radius 2 is 2.04 bits per heavy atom. The smallest absolute Gasteiger partial charge is 0.303 e. The number of carbonyl (C=O) groups is 2. The topological polar surface area (TPSA) is 78.4 Å². The molecule has 0 bridgehead atoms. The van der Waals surface area contributed by atoms with Gasteiger partial charge in [0.2, 0.25) is 0 Å². The number of carboxylic acids is 1. The maximum absolute atomic E-state index is 12.2. The molecule has 1 aliphatic rings. The number of carbonyl (C=O) groups excluding carboxylic acids is 1. The second-order valence-electron chi connectivity index (χ2n) is 5.75. The molecule has 2 aromatic carbocycles. The standard InChI is InChI=1S/C19H18N2O3/c1-12-4-2-7-16-18(12)15(19(24)21-16)11-20-14-6-3-5-13(10-14)8-9-17(22)23/h2-7,10-11,20H,8-9H2,1H3,(H,21,24)(H,22,23)/b15-11-. The van der Waals surface area contributed by atoms with Crippen LogP contribution in [0.3, 0.4) is 0 Å². The lowest BCUT2D eigenvalue weighted by molar-refractivity contribution is -0.137. The molecule has 1 amide bonds. The number of rotatable bonds is 5. The number of fused-ring (bicyclic) bond motifs is 1. The van der Waals surface area contributed by atoms with E-state index >= 15 is 0 Å². The van der Waals surface area contributed by atoms with Crippen LogP contribution in [-0.2, 0) is 16.0 Å². The zero-order valence-corrected chi connectivity index (χ0v) is 13.3. The first kappa shape index (κ1) is 15.8. The highest BCUT2D eigenvalue weighted by Crippen LogP contribution is 2.34. The van der Waals surface area contributed by atoms with E-state index in [1.54, 1.807) is 6.20 Å². The lowest BCUT2D eigenvalue weighted by Gasteiger charge is -2.06. The highest BCUT2D eigenvalue weighted by Gasteiger charge is 2.25.